The quantitative estimate of drug-likeness (QED) is 0.267. The van der Waals surface area contributed by atoms with Crippen LogP contribution in [0.4, 0.5) is 14.5 Å². The molecule has 1 saturated carbocycles. The second-order valence-corrected chi connectivity index (χ2v) is 9.45. The van der Waals surface area contributed by atoms with Gasteiger partial charge in [0.1, 0.15) is 11.2 Å². The van der Waals surface area contributed by atoms with Gasteiger partial charge in [-0.05, 0) is 60.0 Å². The summed E-state index contributed by atoms with van der Waals surface area (Å²) in [5.41, 5.74) is 7.65. The Labute approximate surface area is 189 Å². The highest BCUT2D eigenvalue weighted by Gasteiger charge is 2.40. The fourth-order valence-electron chi connectivity index (χ4n) is 5.81. The highest BCUT2D eigenvalue weighted by atomic mass is 19.3. The van der Waals surface area contributed by atoms with Crippen molar-refractivity contribution in [2.24, 2.45) is 4.99 Å². The van der Waals surface area contributed by atoms with E-state index in [1.54, 1.807) is 0 Å². The monoisotopic (exact) mass is 437 g/mol. The van der Waals surface area contributed by atoms with E-state index in [2.05, 4.69) is 37.3 Å². The smallest absolute Gasteiger partial charge is 0.248 e. The van der Waals surface area contributed by atoms with Gasteiger partial charge in [0.2, 0.25) is 5.92 Å². The SMILES string of the molecule is Cc1cc(C2=Nc3cccc4c(C5CCC(F)(F)C5)ccc2c34)c2oc3ccccc3c2c1. The van der Waals surface area contributed by atoms with E-state index in [9.17, 15) is 8.78 Å². The number of rotatable bonds is 2. The number of alkyl halides is 2. The van der Waals surface area contributed by atoms with Crippen molar-refractivity contribution < 1.29 is 13.2 Å². The number of benzene rings is 4. The normalized spacial score (nSPS) is 19.1. The number of halogens is 2. The summed E-state index contributed by atoms with van der Waals surface area (Å²) < 4.78 is 34.3. The molecule has 0 saturated heterocycles. The second kappa shape index (κ2) is 6.50. The zero-order valence-electron chi connectivity index (χ0n) is 18.2. The lowest BCUT2D eigenvalue weighted by molar-refractivity contribution is 0.00780. The summed E-state index contributed by atoms with van der Waals surface area (Å²) in [6.07, 6.45) is 0.420. The number of fused-ring (bicyclic) bond motifs is 3. The van der Waals surface area contributed by atoms with Gasteiger partial charge in [0, 0.05) is 40.1 Å². The molecule has 5 aromatic rings. The lowest BCUT2D eigenvalue weighted by atomic mass is 9.88. The standard InChI is InChI=1S/C29H21F2NO/c1-16-13-22-19-5-2-3-8-25(19)33-28(22)23(14-16)27-21-10-9-18(17-11-12-29(30,31)15-17)20-6-4-7-24(32-27)26(20)21/h2-10,13-14,17H,11-12,15H2,1H3. The predicted octanol–water partition coefficient (Wildman–Crippen LogP) is 8.43. The minimum Gasteiger partial charge on any atom is -0.455 e. The Kier molecular flexibility index (Phi) is 3.74. The molecule has 0 spiro atoms. The number of hydrogen-bond acceptors (Lipinski definition) is 2. The van der Waals surface area contributed by atoms with Gasteiger partial charge < -0.3 is 4.42 Å². The molecule has 162 valence electrons. The third kappa shape index (κ3) is 2.73. The van der Waals surface area contributed by atoms with E-state index in [-0.39, 0.29) is 18.8 Å². The molecule has 0 radical (unpaired) electrons. The molecule has 33 heavy (non-hydrogen) atoms. The van der Waals surface area contributed by atoms with Crippen molar-refractivity contribution in [1.29, 1.82) is 0 Å². The van der Waals surface area contributed by atoms with E-state index in [1.165, 1.54) is 0 Å². The van der Waals surface area contributed by atoms with Crippen LogP contribution in [0.1, 0.15) is 47.4 Å². The van der Waals surface area contributed by atoms with E-state index < -0.39 is 5.92 Å². The first kappa shape index (κ1) is 19.0. The Bertz CT molecular complexity index is 1640. The Morgan fingerprint density at radius 2 is 1.76 bits per heavy atom. The van der Waals surface area contributed by atoms with E-state index >= 15 is 0 Å². The maximum Gasteiger partial charge on any atom is 0.248 e. The van der Waals surface area contributed by atoms with Gasteiger partial charge in [-0.2, -0.15) is 0 Å². The minimum absolute atomic E-state index is 0.0321. The summed E-state index contributed by atoms with van der Waals surface area (Å²) in [6.45, 7) is 2.09. The van der Waals surface area contributed by atoms with Crippen molar-refractivity contribution in [2.75, 3.05) is 0 Å². The maximum absolute atomic E-state index is 14.0. The van der Waals surface area contributed by atoms with Crippen molar-refractivity contribution in [3.63, 3.8) is 0 Å². The molecule has 1 aliphatic carbocycles. The molecule has 7 rings (SSSR count). The number of nitrogens with zero attached hydrogens (tertiary/aromatic N) is 1. The van der Waals surface area contributed by atoms with Crippen LogP contribution < -0.4 is 0 Å². The molecule has 1 aliphatic heterocycles. The van der Waals surface area contributed by atoms with Crippen LogP contribution in [-0.2, 0) is 0 Å². The van der Waals surface area contributed by atoms with Gasteiger partial charge in [-0.3, -0.25) is 0 Å². The molecule has 0 N–H and O–H groups in total. The summed E-state index contributed by atoms with van der Waals surface area (Å²) >= 11 is 0. The molecule has 0 bridgehead atoms. The van der Waals surface area contributed by atoms with Crippen molar-refractivity contribution in [3.8, 4) is 0 Å². The fraction of sp³-hybridized carbons (Fsp3) is 0.207. The Morgan fingerprint density at radius 3 is 2.61 bits per heavy atom. The first-order chi connectivity index (χ1) is 16.0. The number of hydrogen-bond donors (Lipinski definition) is 0. The van der Waals surface area contributed by atoms with Gasteiger partial charge in [0.15, 0.2) is 0 Å². The number of para-hydroxylation sites is 1. The molecule has 1 aromatic heterocycles. The summed E-state index contributed by atoms with van der Waals surface area (Å²) in [5, 5.41) is 4.28. The number of furan rings is 1. The van der Waals surface area contributed by atoms with E-state index in [4.69, 9.17) is 9.41 Å². The first-order valence-corrected chi connectivity index (χ1v) is 11.4. The Hall–Kier alpha value is -3.53. The predicted molar refractivity (Wildman–Crippen MR) is 129 cm³/mol. The van der Waals surface area contributed by atoms with Crippen molar-refractivity contribution in [3.05, 3.63) is 89.0 Å². The van der Waals surface area contributed by atoms with Crippen molar-refractivity contribution in [2.45, 2.75) is 38.0 Å². The van der Waals surface area contributed by atoms with Gasteiger partial charge in [0.05, 0.1) is 11.4 Å². The highest BCUT2D eigenvalue weighted by molar-refractivity contribution is 6.30. The van der Waals surface area contributed by atoms with Crippen LogP contribution in [0.2, 0.25) is 0 Å². The summed E-state index contributed by atoms with van der Waals surface area (Å²) in [5.74, 6) is -2.68. The third-order valence-corrected chi connectivity index (χ3v) is 7.26. The van der Waals surface area contributed by atoms with Gasteiger partial charge in [0.25, 0.3) is 0 Å². The zero-order valence-corrected chi connectivity index (χ0v) is 18.2. The van der Waals surface area contributed by atoms with Gasteiger partial charge in [-0.15, -0.1) is 0 Å². The van der Waals surface area contributed by atoms with E-state index in [0.29, 0.717) is 6.42 Å². The van der Waals surface area contributed by atoms with Crippen molar-refractivity contribution >= 4 is 44.1 Å². The van der Waals surface area contributed by atoms with E-state index in [1.807, 2.05) is 36.4 Å². The lowest BCUT2D eigenvalue weighted by Crippen LogP contribution is -2.09. The highest BCUT2D eigenvalue weighted by Crippen LogP contribution is 2.48. The molecule has 2 nitrogen and oxygen atoms in total. The van der Waals surface area contributed by atoms with Crippen LogP contribution in [0.15, 0.2) is 76.1 Å². The molecule has 2 aliphatic rings. The topological polar surface area (TPSA) is 25.5 Å². The minimum atomic E-state index is -2.57. The van der Waals surface area contributed by atoms with Crippen molar-refractivity contribution in [1.82, 2.24) is 0 Å². The van der Waals surface area contributed by atoms with Crippen LogP contribution in [0.5, 0.6) is 0 Å². The first-order valence-electron chi connectivity index (χ1n) is 11.4. The average molecular weight is 437 g/mol. The summed E-state index contributed by atoms with van der Waals surface area (Å²) in [4.78, 5) is 5.03. The Balaban J connectivity index is 1.45. The van der Waals surface area contributed by atoms with Crippen LogP contribution in [0, 0.1) is 6.92 Å². The fourth-order valence-corrected chi connectivity index (χ4v) is 5.81. The molecular formula is C29H21F2NO. The van der Waals surface area contributed by atoms with Gasteiger partial charge >= 0.3 is 0 Å². The van der Waals surface area contributed by atoms with Crippen LogP contribution in [-0.4, -0.2) is 11.6 Å². The molecule has 4 aromatic carbocycles. The second-order valence-electron chi connectivity index (χ2n) is 9.45. The van der Waals surface area contributed by atoms with Gasteiger partial charge in [-0.25, -0.2) is 13.8 Å². The molecule has 0 amide bonds. The molecule has 1 atom stereocenters. The maximum atomic E-state index is 14.0. The van der Waals surface area contributed by atoms with Gasteiger partial charge in [-0.1, -0.05) is 42.5 Å². The van der Waals surface area contributed by atoms with E-state index in [0.717, 1.165) is 66.4 Å². The largest absolute Gasteiger partial charge is 0.455 e. The Morgan fingerprint density at radius 1 is 0.909 bits per heavy atom. The molecular weight excluding hydrogens is 416 g/mol. The molecule has 2 heterocycles. The molecule has 1 unspecified atom stereocenters. The van der Waals surface area contributed by atoms with Crippen LogP contribution >= 0.6 is 0 Å². The zero-order chi connectivity index (χ0) is 22.3. The summed E-state index contributed by atoms with van der Waals surface area (Å²) in [6, 6.07) is 22.5. The molecule has 1 fully saturated rings. The molecule has 4 heteroatoms. The van der Waals surface area contributed by atoms with Crippen LogP contribution in [0.25, 0.3) is 32.7 Å². The third-order valence-electron chi connectivity index (χ3n) is 7.26. The number of aryl methyl sites for hydroxylation is 1. The van der Waals surface area contributed by atoms with Crippen LogP contribution in [0.3, 0.4) is 0 Å². The summed E-state index contributed by atoms with van der Waals surface area (Å²) in [7, 11) is 0. The number of aliphatic imine (C=N–C) groups is 1. The lowest BCUT2D eigenvalue weighted by Gasteiger charge is -2.15. The average Bonchev–Trinajstić information content (AvgIpc) is 3.48.